The van der Waals surface area contributed by atoms with Crippen LogP contribution in [-0.2, 0) is 13.0 Å². The summed E-state index contributed by atoms with van der Waals surface area (Å²) >= 11 is 6.18. The van der Waals surface area contributed by atoms with Crippen molar-refractivity contribution < 1.29 is 9.53 Å². The molecule has 0 radical (unpaired) electrons. The number of ether oxygens (including phenoxy) is 1. The number of anilines is 1. The molecule has 3 rings (SSSR count). The minimum absolute atomic E-state index is 0.00727. The van der Waals surface area contributed by atoms with Crippen molar-refractivity contribution in [1.29, 1.82) is 0 Å². The van der Waals surface area contributed by atoms with Crippen LogP contribution < -0.4 is 15.4 Å². The molecule has 0 fully saturated rings. The van der Waals surface area contributed by atoms with E-state index in [1.54, 1.807) is 24.5 Å². The number of aromatic nitrogens is 3. The Kier molecular flexibility index (Phi) is 4.89. The zero-order valence-corrected chi connectivity index (χ0v) is 14.4. The van der Waals surface area contributed by atoms with Gasteiger partial charge in [0.25, 0.3) is 0 Å². The van der Waals surface area contributed by atoms with Gasteiger partial charge in [-0.2, -0.15) is 5.10 Å². The van der Waals surface area contributed by atoms with Crippen molar-refractivity contribution in [1.82, 2.24) is 20.1 Å². The maximum atomic E-state index is 12.3. The van der Waals surface area contributed by atoms with E-state index >= 15 is 0 Å². The van der Waals surface area contributed by atoms with Crippen molar-refractivity contribution in [2.24, 2.45) is 0 Å². The molecule has 0 unspecified atom stereocenters. The smallest absolute Gasteiger partial charge is 0.319 e. The SMILES string of the molecule is CC(C)Oc1c(Cl)cccc1NC(=O)N[C@@H]1CCc2ncnn2C1. The lowest BCUT2D eigenvalue weighted by molar-refractivity contribution is 0.239. The molecule has 1 aromatic carbocycles. The second-order valence-electron chi connectivity index (χ2n) is 5.98. The van der Waals surface area contributed by atoms with Gasteiger partial charge in [0.15, 0.2) is 5.75 Å². The van der Waals surface area contributed by atoms with E-state index in [1.807, 2.05) is 18.5 Å². The number of rotatable bonds is 4. The van der Waals surface area contributed by atoms with Gasteiger partial charge < -0.3 is 15.4 Å². The van der Waals surface area contributed by atoms with Crippen LogP contribution in [0.15, 0.2) is 24.5 Å². The Balaban J connectivity index is 1.64. The highest BCUT2D eigenvalue weighted by Crippen LogP contribution is 2.33. The molecular formula is C16H20ClN5O2. The Bertz CT molecular complexity index is 731. The molecule has 0 aliphatic carbocycles. The first-order chi connectivity index (χ1) is 11.5. The number of amides is 2. The van der Waals surface area contributed by atoms with E-state index in [0.29, 0.717) is 23.0 Å². The van der Waals surface area contributed by atoms with Crippen molar-refractivity contribution in [3.8, 4) is 5.75 Å². The topological polar surface area (TPSA) is 81.1 Å². The van der Waals surface area contributed by atoms with E-state index in [4.69, 9.17) is 16.3 Å². The normalized spacial score (nSPS) is 16.6. The van der Waals surface area contributed by atoms with Crippen LogP contribution in [0.25, 0.3) is 0 Å². The first-order valence-electron chi connectivity index (χ1n) is 7.92. The molecule has 24 heavy (non-hydrogen) atoms. The second kappa shape index (κ2) is 7.09. The number of nitrogens with zero attached hydrogens (tertiary/aromatic N) is 3. The van der Waals surface area contributed by atoms with Crippen LogP contribution in [0.4, 0.5) is 10.5 Å². The number of benzene rings is 1. The summed E-state index contributed by atoms with van der Waals surface area (Å²) in [5.74, 6) is 1.43. The maximum Gasteiger partial charge on any atom is 0.319 e. The van der Waals surface area contributed by atoms with Crippen LogP contribution in [-0.4, -0.2) is 32.9 Å². The third-order valence-corrected chi connectivity index (χ3v) is 4.01. The quantitative estimate of drug-likeness (QED) is 0.889. The van der Waals surface area contributed by atoms with Crippen LogP contribution in [0.3, 0.4) is 0 Å². The molecule has 1 atom stereocenters. The molecular weight excluding hydrogens is 330 g/mol. The predicted molar refractivity (Wildman–Crippen MR) is 91.5 cm³/mol. The summed E-state index contributed by atoms with van der Waals surface area (Å²) in [6.07, 6.45) is 3.12. The van der Waals surface area contributed by atoms with E-state index in [1.165, 1.54) is 0 Å². The highest BCUT2D eigenvalue weighted by Gasteiger charge is 2.22. The molecule has 0 saturated carbocycles. The van der Waals surface area contributed by atoms with E-state index in [9.17, 15) is 4.79 Å². The zero-order chi connectivity index (χ0) is 17.1. The van der Waals surface area contributed by atoms with Gasteiger partial charge in [0, 0.05) is 6.42 Å². The van der Waals surface area contributed by atoms with Crippen LogP contribution in [0, 0.1) is 0 Å². The summed E-state index contributed by atoms with van der Waals surface area (Å²) in [6.45, 7) is 4.43. The van der Waals surface area contributed by atoms with Crippen LogP contribution in [0.1, 0.15) is 26.1 Å². The highest BCUT2D eigenvalue weighted by atomic mass is 35.5. The van der Waals surface area contributed by atoms with Gasteiger partial charge in [-0.3, -0.25) is 0 Å². The molecule has 0 bridgehead atoms. The number of fused-ring (bicyclic) bond motifs is 1. The predicted octanol–water partition coefficient (Wildman–Crippen LogP) is 2.86. The van der Waals surface area contributed by atoms with Gasteiger partial charge in [0.05, 0.1) is 29.4 Å². The molecule has 8 heteroatoms. The zero-order valence-electron chi connectivity index (χ0n) is 13.6. The molecule has 0 spiro atoms. The third-order valence-electron chi connectivity index (χ3n) is 3.71. The number of hydrogen-bond acceptors (Lipinski definition) is 4. The fraction of sp³-hybridized carbons (Fsp3) is 0.438. The van der Waals surface area contributed by atoms with E-state index in [0.717, 1.165) is 18.7 Å². The van der Waals surface area contributed by atoms with Gasteiger partial charge in [0.1, 0.15) is 12.2 Å². The third kappa shape index (κ3) is 3.79. The van der Waals surface area contributed by atoms with Crippen molar-refractivity contribution in [3.63, 3.8) is 0 Å². The van der Waals surface area contributed by atoms with Gasteiger partial charge in [-0.25, -0.2) is 14.5 Å². The highest BCUT2D eigenvalue weighted by molar-refractivity contribution is 6.32. The summed E-state index contributed by atoms with van der Waals surface area (Å²) in [7, 11) is 0. The molecule has 7 nitrogen and oxygen atoms in total. The average molecular weight is 350 g/mol. The van der Waals surface area contributed by atoms with E-state index in [2.05, 4.69) is 20.7 Å². The van der Waals surface area contributed by atoms with Crippen molar-refractivity contribution in [2.75, 3.05) is 5.32 Å². The minimum Gasteiger partial charge on any atom is -0.487 e. The fourth-order valence-electron chi connectivity index (χ4n) is 2.66. The van der Waals surface area contributed by atoms with Gasteiger partial charge in [-0.15, -0.1) is 0 Å². The first kappa shape index (κ1) is 16.6. The Morgan fingerprint density at radius 1 is 1.46 bits per heavy atom. The van der Waals surface area contributed by atoms with Crippen molar-refractivity contribution in [2.45, 2.75) is 45.4 Å². The summed E-state index contributed by atoms with van der Waals surface area (Å²) in [5, 5.41) is 10.4. The number of aryl methyl sites for hydroxylation is 1. The number of hydrogen-bond donors (Lipinski definition) is 2. The number of halogens is 1. The molecule has 2 heterocycles. The largest absolute Gasteiger partial charge is 0.487 e. The maximum absolute atomic E-state index is 12.3. The number of carbonyl (C=O) groups is 1. The number of nitrogens with one attached hydrogen (secondary N) is 2. The van der Waals surface area contributed by atoms with Crippen LogP contribution >= 0.6 is 11.6 Å². The molecule has 1 aromatic heterocycles. The number of urea groups is 1. The van der Waals surface area contributed by atoms with Crippen molar-refractivity contribution in [3.05, 3.63) is 35.4 Å². The first-order valence-corrected chi connectivity index (χ1v) is 8.30. The molecule has 128 valence electrons. The Hall–Kier alpha value is -2.28. The Morgan fingerprint density at radius 3 is 3.08 bits per heavy atom. The lowest BCUT2D eigenvalue weighted by Gasteiger charge is -2.24. The van der Waals surface area contributed by atoms with Gasteiger partial charge in [0.2, 0.25) is 0 Å². The molecule has 1 aliphatic rings. The fourth-order valence-corrected chi connectivity index (χ4v) is 2.88. The summed E-state index contributed by atoms with van der Waals surface area (Å²) in [6, 6.07) is 4.98. The lowest BCUT2D eigenvalue weighted by Crippen LogP contribution is -2.43. The molecule has 1 aliphatic heterocycles. The van der Waals surface area contributed by atoms with Crippen LogP contribution in [0.5, 0.6) is 5.75 Å². The second-order valence-corrected chi connectivity index (χ2v) is 6.38. The summed E-state index contributed by atoms with van der Waals surface area (Å²) in [4.78, 5) is 16.5. The Morgan fingerprint density at radius 2 is 2.29 bits per heavy atom. The van der Waals surface area contributed by atoms with E-state index < -0.39 is 0 Å². The molecule has 2 N–H and O–H groups in total. The van der Waals surface area contributed by atoms with Gasteiger partial charge in [-0.1, -0.05) is 17.7 Å². The molecule has 0 saturated heterocycles. The standard InChI is InChI=1S/C16H20ClN5O2/c1-10(2)24-15-12(17)4-3-5-13(15)21-16(23)20-11-6-7-14-18-9-19-22(14)8-11/h3-5,9-11H,6-8H2,1-2H3,(H2,20,21,23)/t11-/m1/s1. The number of para-hydroxylation sites is 1. The monoisotopic (exact) mass is 349 g/mol. The van der Waals surface area contributed by atoms with Crippen molar-refractivity contribution >= 4 is 23.3 Å². The lowest BCUT2D eigenvalue weighted by atomic mass is 10.1. The average Bonchev–Trinajstić information content (AvgIpc) is 2.98. The van der Waals surface area contributed by atoms with Gasteiger partial charge >= 0.3 is 6.03 Å². The van der Waals surface area contributed by atoms with Crippen LogP contribution in [0.2, 0.25) is 5.02 Å². The van der Waals surface area contributed by atoms with Gasteiger partial charge in [-0.05, 0) is 32.4 Å². The minimum atomic E-state index is -0.292. The van der Waals surface area contributed by atoms with E-state index in [-0.39, 0.29) is 18.2 Å². The summed E-state index contributed by atoms with van der Waals surface area (Å²) < 4.78 is 7.53. The Labute approximate surface area is 145 Å². The molecule has 2 amide bonds. The number of carbonyl (C=O) groups excluding carboxylic acids is 1. The summed E-state index contributed by atoms with van der Waals surface area (Å²) in [5.41, 5.74) is 0.547. The molecule has 2 aromatic rings.